The van der Waals surface area contributed by atoms with Crippen LogP contribution >= 0.6 is 11.8 Å². The maximum atomic E-state index is 12.2. The first-order valence-electron chi connectivity index (χ1n) is 7.14. The van der Waals surface area contributed by atoms with Gasteiger partial charge in [0.05, 0.1) is 18.1 Å². The van der Waals surface area contributed by atoms with Crippen molar-refractivity contribution in [3.05, 3.63) is 28.7 Å². The van der Waals surface area contributed by atoms with Gasteiger partial charge in [-0.05, 0) is 49.4 Å². The number of amides is 1. The van der Waals surface area contributed by atoms with Crippen molar-refractivity contribution in [2.24, 2.45) is 4.99 Å². The monoisotopic (exact) mass is 320 g/mol. The molecule has 1 aliphatic heterocycles. The van der Waals surface area contributed by atoms with Crippen molar-refractivity contribution in [1.29, 1.82) is 0 Å². The topological polar surface area (TPSA) is 51.1 Å². The molecule has 0 unspecified atom stereocenters. The zero-order valence-corrected chi connectivity index (χ0v) is 14.1. The highest BCUT2D eigenvalue weighted by Gasteiger charge is 2.29. The summed E-state index contributed by atoms with van der Waals surface area (Å²) >= 11 is 1.37. The van der Waals surface area contributed by atoms with Crippen LogP contribution in [0.1, 0.15) is 19.4 Å². The van der Waals surface area contributed by atoms with E-state index < -0.39 is 0 Å². The molecule has 22 heavy (non-hydrogen) atoms. The first-order valence-corrected chi connectivity index (χ1v) is 7.96. The Kier molecular flexibility index (Phi) is 5.49. The van der Waals surface area contributed by atoms with E-state index >= 15 is 0 Å². The molecular weight excluding hydrogens is 300 g/mol. The first-order chi connectivity index (χ1) is 10.6. The average Bonchev–Trinajstić information content (AvgIpc) is 2.78. The molecule has 0 bridgehead atoms. The Bertz CT molecular complexity index is 626. The molecule has 0 aliphatic carbocycles. The number of benzene rings is 1. The minimum Gasteiger partial charge on any atom is -0.490 e. The number of likely N-dealkylation sites (N-methyl/N-ethyl adjacent to an activating group) is 1. The fraction of sp³-hybridized carbons (Fsp3) is 0.375. The van der Waals surface area contributed by atoms with E-state index in [0.29, 0.717) is 34.8 Å². The molecule has 1 heterocycles. The number of hydrogen-bond acceptors (Lipinski definition) is 5. The summed E-state index contributed by atoms with van der Waals surface area (Å²) in [4.78, 5) is 18.5. The summed E-state index contributed by atoms with van der Waals surface area (Å²) in [7, 11) is 3.40. The largest absolute Gasteiger partial charge is 0.490 e. The first kappa shape index (κ1) is 16.4. The van der Waals surface area contributed by atoms with Gasteiger partial charge in [0.25, 0.3) is 5.91 Å². The van der Waals surface area contributed by atoms with Crippen molar-refractivity contribution in [2.45, 2.75) is 13.8 Å². The Morgan fingerprint density at radius 1 is 1.23 bits per heavy atom. The molecule has 2 rings (SSSR count). The minimum absolute atomic E-state index is 0.0440. The number of carbonyl (C=O) groups excluding carboxylic acids is 1. The number of rotatable bonds is 5. The van der Waals surface area contributed by atoms with Crippen LogP contribution in [0.5, 0.6) is 11.5 Å². The van der Waals surface area contributed by atoms with Gasteiger partial charge in [-0.3, -0.25) is 14.7 Å². The summed E-state index contributed by atoms with van der Waals surface area (Å²) in [6.45, 7) is 5.00. The lowest BCUT2D eigenvalue weighted by atomic mass is 10.2. The van der Waals surface area contributed by atoms with Crippen LogP contribution in [0.2, 0.25) is 0 Å². The number of ether oxygens (including phenoxy) is 2. The Balaban J connectivity index is 2.32. The van der Waals surface area contributed by atoms with Gasteiger partial charge in [0.1, 0.15) is 0 Å². The summed E-state index contributed by atoms with van der Waals surface area (Å²) in [6.07, 6.45) is 1.85. The molecule has 6 heteroatoms. The number of hydrogen-bond donors (Lipinski definition) is 0. The summed E-state index contributed by atoms with van der Waals surface area (Å²) in [5.74, 6) is 1.36. The van der Waals surface area contributed by atoms with Gasteiger partial charge in [0.15, 0.2) is 16.7 Å². The van der Waals surface area contributed by atoms with Gasteiger partial charge in [-0.2, -0.15) is 0 Å². The smallest absolute Gasteiger partial charge is 0.266 e. The predicted molar refractivity (Wildman–Crippen MR) is 90.5 cm³/mol. The Hall–Kier alpha value is -1.95. The Morgan fingerprint density at radius 3 is 2.50 bits per heavy atom. The number of thioether (sulfide) groups is 1. The molecule has 1 saturated heterocycles. The number of nitrogens with zero attached hydrogens (tertiary/aromatic N) is 2. The van der Waals surface area contributed by atoms with E-state index in [1.165, 1.54) is 11.8 Å². The molecule has 1 fully saturated rings. The third-order valence-electron chi connectivity index (χ3n) is 3.06. The van der Waals surface area contributed by atoms with Gasteiger partial charge in [0, 0.05) is 14.1 Å². The van der Waals surface area contributed by atoms with E-state index in [-0.39, 0.29) is 5.91 Å². The van der Waals surface area contributed by atoms with Gasteiger partial charge < -0.3 is 9.47 Å². The second kappa shape index (κ2) is 7.35. The molecule has 0 saturated carbocycles. The lowest BCUT2D eigenvalue weighted by Gasteiger charge is -2.11. The van der Waals surface area contributed by atoms with Crippen molar-refractivity contribution in [2.75, 3.05) is 27.3 Å². The van der Waals surface area contributed by atoms with Crippen LogP contribution in [-0.2, 0) is 4.79 Å². The third kappa shape index (κ3) is 3.44. The van der Waals surface area contributed by atoms with E-state index in [4.69, 9.17) is 9.47 Å². The third-order valence-corrected chi connectivity index (χ3v) is 4.21. The highest BCUT2D eigenvalue weighted by atomic mass is 32.2. The molecule has 0 N–H and O–H groups in total. The van der Waals surface area contributed by atoms with Gasteiger partial charge in [-0.25, -0.2) is 0 Å². The predicted octanol–water partition coefficient (Wildman–Crippen LogP) is 3.02. The Morgan fingerprint density at radius 2 is 1.91 bits per heavy atom. The maximum absolute atomic E-state index is 12.2. The zero-order chi connectivity index (χ0) is 16.1. The summed E-state index contributed by atoms with van der Waals surface area (Å²) in [5, 5.41) is 0.701. The summed E-state index contributed by atoms with van der Waals surface area (Å²) < 4.78 is 11.1. The SMILES string of the molecule is CCOc1ccc(C=C2SC(=NC)N(C)C2=O)cc1OCC. The highest BCUT2D eigenvalue weighted by Crippen LogP contribution is 2.34. The molecule has 1 aliphatic rings. The van der Waals surface area contributed by atoms with Gasteiger partial charge >= 0.3 is 0 Å². The van der Waals surface area contributed by atoms with Gasteiger partial charge in [-0.15, -0.1) is 0 Å². The van der Waals surface area contributed by atoms with E-state index in [9.17, 15) is 4.79 Å². The van der Waals surface area contributed by atoms with Gasteiger partial charge in [-0.1, -0.05) is 6.07 Å². The molecule has 5 nitrogen and oxygen atoms in total. The lowest BCUT2D eigenvalue weighted by Crippen LogP contribution is -2.23. The maximum Gasteiger partial charge on any atom is 0.266 e. The quantitative estimate of drug-likeness (QED) is 0.783. The Labute approximate surface area is 135 Å². The van der Waals surface area contributed by atoms with Crippen LogP contribution in [-0.4, -0.2) is 43.3 Å². The van der Waals surface area contributed by atoms with Crippen LogP contribution in [0.15, 0.2) is 28.1 Å². The molecule has 1 amide bonds. The summed E-state index contributed by atoms with van der Waals surface area (Å²) in [5.41, 5.74) is 0.897. The lowest BCUT2D eigenvalue weighted by molar-refractivity contribution is -0.121. The fourth-order valence-corrected chi connectivity index (χ4v) is 2.99. The number of amidine groups is 1. The molecule has 1 aromatic rings. The second-order valence-corrected chi connectivity index (χ2v) is 5.56. The van der Waals surface area contributed by atoms with Crippen LogP contribution < -0.4 is 9.47 Å². The minimum atomic E-state index is -0.0440. The van der Waals surface area contributed by atoms with E-state index in [2.05, 4.69) is 4.99 Å². The van der Waals surface area contributed by atoms with Crippen molar-refractivity contribution >= 4 is 28.9 Å². The summed E-state index contributed by atoms with van der Waals surface area (Å²) in [6, 6.07) is 5.66. The van der Waals surface area contributed by atoms with Crippen LogP contribution in [0.3, 0.4) is 0 Å². The molecule has 0 aromatic heterocycles. The van der Waals surface area contributed by atoms with Crippen LogP contribution in [0.4, 0.5) is 0 Å². The highest BCUT2D eigenvalue weighted by molar-refractivity contribution is 8.18. The van der Waals surface area contributed by atoms with Crippen molar-refractivity contribution in [3.8, 4) is 11.5 Å². The standard InChI is InChI=1S/C16H20N2O3S/c1-5-20-12-8-7-11(9-13(12)21-6-2)10-14-15(19)18(4)16(17-3)22-14/h7-10H,5-6H2,1-4H3. The van der Waals surface area contributed by atoms with E-state index in [1.54, 1.807) is 19.0 Å². The van der Waals surface area contributed by atoms with E-state index in [0.717, 1.165) is 5.56 Å². The van der Waals surface area contributed by atoms with Crippen LogP contribution in [0.25, 0.3) is 6.08 Å². The molecular formula is C16H20N2O3S. The normalized spacial score (nSPS) is 18.4. The molecule has 1 aromatic carbocycles. The number of carbonyl (C=O) groups is 1. The molecule has 118 valence electrons. The van der Waals surface area contributed by atoms with Crippen molar-refractivity contribution < 1.29 is 14.3 Å². The average molecular weight is 320 g/mol. The molecule has 0 radical (unpaired) electrons. The fourth-order valence-electron chi connectivity index (χ4n) is 2.06. The van der Waals surface area contributed by atoms with Gasteiger partial charge in [0.2, 0.25) is 0 Å². The molecule has 0 atom stereocenters. The second-order valence-electron chi connectivity index (χ2n) is 4.55. The molecule has 0 spiro atoms. The van der Waals surface area contributed by atoms with E-state index in [1.807, 2.05) is 38.1 Å². The van der Waals surface area contributed by atoms with Crippen molar-refractivity contribution in [3.63, 3.8) is 0 Å². The zero-order valence-electron chi connectivity index (χ0n) is 13.3. The number of aliphatic imine (C=N–C) groups is 1. The van der Waals surface area contributed by atoms with Crippen LogP contribution in [0, 0.1) is 0 Å². The van der Waals surface area contributed by atoms with Crippen molar-refractivity contribution in [1.82, 2.24) is 4.90 Å².